The van der Waals surface area contributed by atoms with Crippen molar-refractivity contribution >= 4 is 17.1 Å². The Morgan fingerprint density at radius 2 is 2.00 bits per heavy atom. The number of methoxy groups -OCH3 is 1. The van der Waals surface area contributed by atoms with Crippen molar-refractivity contribution in [2.45, 2.75) is 76.7 Å². The van der Waals surface area contributed by atoms with Crippen LogP contribution >= 0.6 is 11.3 Å². The standard InChI is InChI=1S/C25H37NO3S/c1-24-9-7-18-17-8-10-25(28,15-29-2)14-16(17)3-4-19(18)20(24)5-6-21(24)22(27)13-23-26-11-12-30-23/h11-12,16-21,28H,3-10,13-15H2,1-2H3/t16-,17-,18+,19+,20-,21+,24-,25+/m0/s1. The number of fused-ring (bicyclic) bond motifs is 5. The molecule has 0 radical (unpaired) electrons. The van der Waals surface area contributed by atoms with E-state index in [0.717, 1.165) is 48.4 Å². The molecular formula is C25H37NO3S. The fourth-order valence-electron chi connectivity index (χ4n) is 8.50. The van der Waals surface area contributed by atoms with Crippen molar-refractivity contribution in [2.75, 3.05) is 13.7 Å². The highest BCUT2D eigenvalue weighted by molar-refractivity contribution is 7.09. The van der Waals surface area contributed by atoms with Crippen LogP contribution < -0.4 is 0 Å². The minimum atomic E-state index is -0.605. The molecule has 1 N–H and O–H groups in total. The first-order chi connectivity index (χ1) is 14.4. The molecule has 4 fully saturated rings. The zero-order chi connectivity index (χ0) is 20.9. The number of ketones is 1. The molecule has 4 aliphatic rings. The average molecular weight is 432 g/mol. The van der Waals surface area contributed by atoms with Gasteiger partial charge in [-0.2, -0.15) is 0 Å². The van der Waals surface area contributed by atoms with E-state index in [0.29, 0.717) is 30.6 Å². The summed E-state index contributed by atoms with van der Waals surface area (Å²) < 4.78 is 5.33. The van der Waals surface area contributed by atoms with E-state index < -0.39 is 5.60 Å². The van der Waals surface area contributed by atoms with E-state index in [1.807, 2.05) is 11.6 Å². The molecular weight excluding hydrogens is 394 g/mol. The van der Waals surface area contributed by atoms with Gasteiger partial charge in [0.1, 0.15) is 5.78 Å². The maximum absolute atomic E-state index is 13.2. The van der Waals surface area contributed by atoms with Crippen LogP contribution in [0.25, 0.3) is 0 Å². The molecule has 1 heterocycles. The third-order valence-electron chi connectivity index (χ3n) is 9.71. The number of nitrogens with zero attached hydrogens (tertiary/aromatic N) is 1. The van der Waals surface area contributed by atoms with E-state index in [1.54, 1.807) is 18.4 Å². The Kier molecular flexibility index (Phi) is 5.60. The van der Waals surface area contributed by atoms with E-state index in [9.17, 15) is 9.90 Å². The average Bonchev–Trinajstić information content (AvgIpc) is 3.34. The molecule has 5 heteroatoms. The first kappa shape index (κ1) is 21.1. The Hall–Kier alpha value is -0.780. The van der Waals surface area contributed by atoms with Gasteiger partial charge < -0.3 is 9.84 Å². The van der Waals surface area contributed by atoms with Gasteiger partial charge in [0.15, 0.2) is 0 Å². The molecule has 0 amide bonds. The number of hydrogen-bond acceptors (Lipinski definition) is 5. The Bertz CT molecular complexity index is 766. The van der Waals surface area contributed by atoms with E-state index in [2.05, 4.69) is 11.9 Å². The Morgan fingerprint density at radius 1 is 1.17 bits per heavy atom. The molecule has 0 aliphatic heterocycles. The van der Waals surface area contributed by atoms with Crippen molar-refractivity contribution in [3.63, 3.8) is 0 Å². The molecule has 0 unspecified atom stereocenters. The lowest BCUT2D eigenvalue weighted by molar-refractivity contribution is -0.135. The second-order valence-electron chi connectivity index (χ2n) is 11.1. The van der Waals surface area contributed by atoms with Crippen molar-refractivity contribution < 1.29 is 14.6 Å². The first-order valence-corrected chi connectivity index (χ1v) is 12.9. The molecule has 0 aromatic carbocycles. The number of hydrogen-bond donors (Lipinski definition) is 1. The summed E-state index contributed by atoms with van der Waals surface area (Å²) in [5, 5.41) is 13.9. The number of aromatic nitrogens is 1. The Morgan fingerprint density at radius 3 is 2.77 bits per heavy atom. The van der Waals surface area contributed by atoms with Crippen LogP contribution in [0.3, 0.4) is 0 Å². The number of aliphatic hydroxyl groups is 1. The van der Waals surface area contributed by atoms with Crippen LogP contribution in [-0.4, -0.2) is 35.2 Å². The molecule has 30 heavy (non-hydrogen) atoms. The second kappa shape index (κ2) is 7.97. The highest BCUT2D eigenvalue weighted by Gasteiger charge is 2.58. The molecule has 1 aromatic rings. The third kappa shape index (κ3) is 3.49. The van der Waals surface area contributed by atoms with Gasteiger partial charge >= 0.3 is 0 Å². The number of carbonyl (C=O) groups is 1. The van der Waals surface area contributed by atoms with Crippen molar-refractivity contribution in [3.05, 3.63) is 16.6 Å². The molecule has 0 saturated heterocycles. The molecule has 8 atom stereocenters. The van der Waals surface area contributed by atoms with Crippen molar-refractivity contribution in [3.8, 4) is 0 Å². The van der Waals surface area contributed by atoms with E-state index in [-0.39, 0.29) is 11.3 Å². The van der Waals surface area contributed by atoms with Crippen LogP contribution in [0.15, 0.2) is 11.6 Å². The molecule has 1 aromatic heterocycles. The van der Waals surface area contributed by atoms with Crippen molar-refractivity contribution in [2.24, 2.45) is 40.9 Å². The zero-order valence-corrected chi connectivity index (χ0v) is 19.3. The predicted molar refractivity (Wildman–Crippen MR) is 118 cm³/mol. The van der Waals surface area contributed by atoms with Crippen molar-refractivity contribution in [1.82, 2.24) is 4.98 Å². The normalized spacial score (nSPS) is 45.4. The molecule has 166 valence electrons. The highest BCUT2D eigenvalue weighted by atomic mass is 32.1. The third-order valence-corrected chi connectivity index (χ3v) is 10.5. The summed E-state index contributed by atoms with van der Waals surface area (Å²) in [4.78, 5) is 17.6. The molecule has 4 saturated carbocycles. The number of thiazole rings is 1. The minimum absolute atomic E-state index is 0.188. The van der Waals surface area contributed by atoms with E-state index in [4.69, 9.17) is 4.74 Å². The van der Waals surface area contributed by atoms with Crippen LogP contribution in [0.2, 0.25) is 0 Å². The fraction of sp³-hybridized carbons (Fsp3) is 0.840. The number of rotatable bonds is 5. The highest BCUT2D eigenvalue weighted by Crippen LogP contribution is 2.64. The number of ether oxygens (including phenoxy) is 1. The summed E-state index contributed by atoms with van der Waals surface area (Å²) >= 11 is 1.61. The van der Waals surface area contributed by atoms with E-state index >= 15 is 0 Å². The summed E-state index contributed by atoms with van der Waals surface area (Å²) in [6, 6.07) is 0. The topological polar surface area (TPSA) is 59.4 Å². The first-order valence-electron chi connectivity index (χ1n) is 12.1. The summed E-state index contributed by atoms with van der Waals surface area (Å²) in [6.07, 6.45) is 12.7. The molecule has 4 aliphatic carbocycles. The Balaban J connectivity index is 1.29. The lowest BCUT2D eigenvalue weighted by Gasteiger charge is -2.57. The van der Waals surface area contributed by atoms with Crippen LogP contribution in [0.4, 0.5) is 0 Å². The fourth-order valence-corrected chi connectivity index (χ4v) is 9.13. The van der Waals surface area contributed by atoms with Gasteiger partial charge in [-0.25, -0.2) is 4.98 Å². The van der Waals surface area contributed by atoms with Gasteiger partial charge in [0.2, 0.25) is 0 Å². The minimum Gasteiger partial charge on any atom is -0.387 e. The van der Waals surface area contributed by atoms with Crippen molar-refractivity contribution in [1.29, 1.82) is 0 Å². The van der Waals surface area contributed by atoms with Gasteiger partial charge in [-0.3, -0.25) is 4.79 Å². The maximum atomic E-state index is 13.2. The molecule has 4 nitrogen and oxygen atoms in total. The smallest absolute Gasteiger partial charge is 0.143 e. The largest absolute Gasteiger partial charge is 0.387 e. The monoisotopic (exact) mass is 431 g/mol. The van der Waals surface area contributed by atoms with Gasteiger partial charge in [0.25, 0.3) is 0 Å². The van der Waals surface area contributed by atoms with Gasteiger partial charge in [-0.15, -0.1) is 11.3 Å². The van der Waals surface area contributed by atoms with Crippen LogP contribution in [-0.2, 0) is 16.0 Å². The summed E-state index contributed by atoms with van der Waals surface area (Å²) in [5.74, 6) is 4.40. The van der Waals surface area contributed by atoms with Crippen LogP contribution in [0, 0.1) is 40.9 Å². The lowest BCUT2D eigenvalue weighted by atomic mass is 9.49. The van der Waals surface area contributed by atoms with Gasteiger partial charge in [0, 0.05) is 24.6 Å². The summed E-state index contributed by atoms with van der Waals surface area (Å²) in [5.41, 5.74) is -0.416. The predicted octanol–water partition coefficient (Wildman–Crippen LogP) is 4.90. The summed E-state index contributed by atoms with van der Waals surface area (Å²) in [6.45, 7) is 2.92. The van der Waals surface area contributed by atoms with Gasteiger partial charge in [-0.05, 0) is 92.8 Å². The quantitative estimate of drug-likeness (QED) is 0.720. The molecule has 0 bridgehead atoms. The SMILES string of the molecule is COC[C@@]1(O)CC[C@H]2[C@@H](CC[C@@H]3[C@@H]2CC[C@]2(C)[C@@H](C(=O)Cc4nccs4)CC[C@@H]32)C1. The summed E-state index contributed by atoms with van der Waals surface area (Å²) in [7, 11) is 1.70. The van der Waals surface area contributed by atoms with Gasteiger partial charge in [0.05, 0.1) is 23.6 Å². The van der Waals surface area contributed by atoms with Gasteiger partial charge in [-0.1, -0.05) is 6.92 Å². The van der Waals surface area contributed by atoms with E-state index in [1.165, 1.54) is 32.1 Å². The maximum Gasteiger partial charge on any atom is 0.143 e. The number of carbonyl (C=O) groups excluding carboxylic acids is 1. The lowest BCUT2D eigenvalue weighted by Crippen LogP contribution is -2.52. The number of Topliss-reactive ketones (excluding diaryl/α,β-unsaturated/α-hetero) is 1. The molecule has 5 rings (SSSR count). The van der Waals surface area contributed by atoms with Crippen LogP contribution in [0.1, 0.15) is 69.7 Å². The zero-order valence-electron chi connectivity index (χ0n) is 18.5. The molecule has 0 spiro atoms. The van der Waals surface area contributed by atoms with Crippen LogP contribution in [0.5, 0.6) is 0 Å². The second-order valence-corrected chi connectivity index (χ2v) is 12.1. The Labute approximate surface area is 184 Å².